The molecule has 3 atom stereocenters. The van der Waals surface area contributed by atoms with Gasteiger partial charge < -0.3 is 5.73 Å². The lowest BCUT2D eigenvalue weighted by Crippen LogP contribution is -2.15. The Morgan fingerprint density at radius 3 is 2.19 bits per heavy atom. The van der Waals surface area contributed by atoms with Crippen LogP contribution >= 0.6 is 0 Å². The van der Waals surface area contributed by atoms with Crippen molar-refractivity contribution in [2.45, 2.75) is 35.4 Å². The van der Waals surface area contributed by atoms with Crippen LogP contribution in [0.1, 0.15) is 24.0 Å². The second-order valence-electron chi connectivity index (χ2n) is 5.52. The number of benzene rings is 2. The smallest absolute Gasteiger partial charge is 0.183 e. The van der Waals surface area contributed by atoms with Crippen LogP contribution in [0, 0.1) is 0 Å². The predicted molar refractivity (Wildman–Crippen MR) is 84.0 cm³/mol. The third kappa shape index (κ3) is 2.49. The Bertz CT molecular complexity index is 723. The van der Waals surface area contributed by atoms with Crippen molar-refractivity contribution in [3.8, 4) is 0 Å². The van der Waals surface area contributed by atoms with Gasteiger partial charge in [0.1, 0.15) is 0 Å². The molecule has 0 radical (unpaired) electrons. The first-order valence-corrected chi connectivity index (χ1v) is 8.73. The molecule has 1 fully saturated rings. The number of rotatable bonds is 4. The summed E-state index contributed by atoms with van der Waals surface area (Å²) in [6.07, 6.45) is 0.975. The van der Waals surface area contributed by atoms with E-state index in [1.807, 2.05) is 30.3 Å². The maximum Gasteiger partial charge on any atom is 0.183 e. The molecule has 0 aromatic heterocycles. The van der Waals surface area contributed by atoms with Gasteiger partial charge in [0.05, 0.1) is 10.1 Å². The Kier molecular flexibility index (Phi) is 3.59. The molecule has 0 aliphatic heterocycles. The van der Waals surface area contributed by atoms with Gasteiger partial charge in [0.25, 0.3) is 0 Å². The fourth-order valence-electron chi connectivity index (χ4n) is 2.86. The summed E-state index contributed by atoms with van der Waals surface area (Å²) in [6, 6.07) is 16.4. The molecule has 3 rings (SSSR count). The molecule has 1 aliphatic rings. The number of hydrogen-bond donors (Lipinski definition) is 1. The van der Waals surface area contributed by atoms with Crippen LogP contribution in [0.3, 0.4) is 0 Å². The number of hydrogen-bond acceptors (Lipinski definition) is 3. The normalized spacial score (nSPS) is 24.8. The minimum Gasteiger partial charge on any atom is -0.326 e. The van der Waals surface area contributed by atoms with Gasteiger partial charge >= 0.3 is 0 Å². The van der Waals surface area contributed by atoms with E-state index in [4.69, 9.17) is 5.73 Å². The van der Waals surface area contributed by atoms with Crippen LogP contribution in [0.15, 0.2) is 59.5 Å². The Hall–Kier alpha value is -1.65. The zero-order valence-electron chi connectivity index (χ0n) is 11.9. The monoisotopic (exact) mass is 301 g/mol. The third-order valence-electron chi connectivity index (χ3n) is 4.21. The van der Waals surface area contributed by atoms with Crippen LogP contribution in [-0.4, -0.2) is 19.7 Å². The highest BCUT2D eigenvalue weighted by Crippen LogP contribution is 2.46. The average Bonchev–Trinajstić information content (AvgIpc) is 3.20. The van der Waals surface area contributed by atoms with Crippen LogP contribution in [0.25, 0.3) is 0 Å². The van der Waals surface area contributed by atoms with Crippen molar-refractivity contribution in [2.75, 3.05) is 0 Å². The van der Waals surface area contributed by atoms with Crippen molar-refractivity contribution >= 4 is 9.84 Å². The lowest BCUT2D eigenvalue weighted by atomic mass is 10.1. The molecular formula is C17H19NO2S. The minimum absolute atomic E-state index is 0.0962. The highest BCUT2D eigenvalue weighted by atomic mass is 32.2. The molecule has 0 amide bonds. The van der Waals surface area contributed by atoms with E-state index in [9.17, 15) is 8.42 Å². The maximum atomic E-state index is 12.6. The Morgan fingerprint density at radius 2 is 1.62 bits per heavy atom. The maximum absolute atomic E-state index is 12.6. The zero-order valence-corrected chi connectivity index (χ0v) is 12.8. The summed E-state index contributed by atoms with van der Waals surface area (Å²) in [4.78, 5) is 0.359. The van der Waals surface area contributed by atoms with E-state index in [0.717, 1.165) is 12.0 Å². The highest BCUT2D eigenvalue weighted by molar-refractivity contribution is 7.92. The molecule has 21 heavy (non-hydrogen) atoms. The lowest BCUT2D eigenvalue weighted by Gasteiger charge is -2.04. The number of nitrogens with two attached hydrogens (primary N) is 1. The fourth-order valence-corrected chi connectivity index (χ4v) is 4.93. The fraction of sp³-hybridized carbons (Fsp3) is 0.294. The largest absolute Gasteiger partial charge is 0.326 e. The first-order chi connectivity index (χ1) is 10.1. The molecule has 3 nitrogen and oxygen atoms in total. The van der Waals surface area contributed by atoms with E-state index in [-0.39, 0.29) is 12.0 Å². The van der Waals surface area contributed by atoms with Crippen molar-refractivity contribution in [1.29, 1.82) is 0 Å². The Morgan fingerprint density at radius 1 is 1.00 bits per heavy atom. The summed E-state index contributed by atoms with van der Waals surface area (Å²) < 4.78 is 25.3. The van der Waals surface area contributed by atoms with Crippen molar-refractivity contribution in [2.24, 2.45) is 5.73 Å². The van der Waals surface area contributed by atoms with Gasteiger partial charge in [-0.05, 0) is 29.7 Å². The standard InChI is InChI=1S/C17H19NO2S/c1-2-12-8-10-13(11-9-12)15-16(18)17(15)21(19,20)14-6-4-3-5-7-14/h3-11,15-17H,2,18H2,1H3. The molecule has 0 saturated heterocycles. The summed E-state index contributed by atoms with van der Waals surface area (Å²) in [5.74, 6) is -0.0962. The van der Waals surface area contributed by atoms with Crippen molar-refractivity contribution in [1.82, 2.24) is 0 Å². The molecular weight excluding hydrogens is 282 g/mol. The van der Waals surface area contributed by atoms with Crippen LogP contribution in [0.2, 0.25) is 0 Å². The van der Waals surface area contributed by atoms with Crippen LogP contribution < -0.4 is 5.73 Å². The topological polar surface area (TPSA) is 60.2 Å². The molecule has 4 heteroatoms. The Balaban J connectivity index is 1.88. The van der Waals surface area contributed by atoms with Crippen molar-refractivity contribution in [3.63, 3.8) is 0 Å². The lowest BCUT2D eigenvalue weighted by molar-refractivity contribution is 0.593. The molecule has 2 aromatic carbocycles. The van der Waals surface area contributed by atoms with Crippen LogP contribution in [0.4, 0.5) is 0 Å². The summed E-state index contributed by atoms with van der Waals surface area (Å²) in [6.45, 7) is 2.10. The van der Waals surface area contributed by atoms with Gasteiger partial charge in [0.2, 0.25) is 0 Å². The number of sulfone groups is 1. The molecule has 0 bridgehead atoms. The molecule has 1 saturated carbocycles. The molecule has 0 heterocycles. The SMILES string of the molecule is CCc1ccc(C2C(N)C2S(=O)(=O)c2ccccc2)cc1. The van der Waals surface area contributed by atoms with Crippen LogP contribution in [-0.2, 0) is 16.3 Å². The van der Waals surface area contributed by atoms with Gasteiger partial charge in [-0.25, -0.2) is 8.42 Å². The first kappa shape index (κ1) is 14.3. The van der Waals surface area contributed by atoms with E-state index < -0.39 is 15.1 Å². The molecule has 0 spiro atoms. The Labute approximate surface area is 125 Å². The second-order valence-corrected chi connectivity index (χ2v) is 7.63. The summed E-state index contributed by atoms with van der Waals surface area (Å²) in [5.41, 5.74) is 8.32. The van der Waals surface area contributed by atoms with Gasteiger partial charge in [0, 0.05) is 12.0 Å². The first-order valence-electron chi connectivity index (χ1n) is 7.19. The molecule has 3 unspecified atom stereocenters. The minimum atomic E-state index is -3.35. The molecule has 2 aromatic rings. The van der Waals surface area contributed by atoms with Crippen LogP contribution in [0.5, 0.6) is 0 Å². The van der Waals surface area contributed by atoms with Gasteiger partial charge in [-0.2, -0.15) is 0 Å². The third-order valence-corrected chi connectivity index (χ3v) is 6.46. The quantitative estimate of drug-likeness (QED) is 0.944. The van der Waals surface area contributed by atoms with E-state index in [1.165, 1.54) is 5.56 Å². The number of aryl methyl sites for hydroxylation is 1. The second kappa shape index (κ2) is 5.28. The molecule has 110 valence electrons. The van der Waals surface area contributed by atoms with Gasteiger partial charge in [0.15, 0.2) is 9.84 Å². The van der Waals surface area contributed by atoms with E-state index in [1.54, 1.807) is 24.3 Å². The van der Waals surface area contributed by atoms with Gasteiger partial charge in [-0.3, -0.25) is 0 Å². The molecule has 2 N–H and O–H groups in total. The van der Waals surface area contributed by atoms with Crippen molar-refractivity contribution < 1.29 is 8.42 Å². The molecule has 1 aliphatic carbocycles. The van der Waals surface area contributed by atoms with E-state index in [0.29, 0.717) is 4.90 Å². The van der Waals surface area contributed by atoms with E-state index >= 15 is 0 Å². The van der Waals surface area contributed by atoms with Gasteiger partial charge in [-0.1, -0.05) is 49.4 Å². The van der Waals surface area contributed by atoms with Gasteiger partial charge in [-0.15, -0.1) is 0 Å². The average molecular weight is 301 g/mol. The summed E-state index contributed by atoms with van der Waals surface area (Å²) in [5, 5.41) is -0.507. The highest BCUT2D eigenvalue weighted by Gasteiger charge is 2.56. The van der Waals surface area contributed by atoms with E-state index in [2.05, 4.69) is 6.92 Å². The summed E-state index contributed by atoms with van der Waals surface area (Å²) in [7, 11) is -3.35. The zero-order chi connectivity index (χ0) is 15.0. The predicted octanol–water partition coefficient (Wildman–Crippen LogP) is 2.52. The van der Waals surface area contributed by atoms with Crippen molar-refractivity contribution in [3.05, 3.63) is 65.7 Å². The summed E-state index contributed by atoms with van der Waals surface area (Å²) >= 11 is 0.